The van der Waals surface area contributed by atoms with Gasteiger partial charge < -0.3 is 55.9 Å². The molecular weight excluding hydrogens is 604 g/mol. The Morgan fingerprint density at radius 3 is 0.705 bits per heavy atom. The van der Waals surface area contributed by atoms with E-state index in [-0.39, 0.29) is 77.3 Å². The van der Waals surface area contributed by atoms with E-state index in [2.05, 4.69) is 0 Å². The van der Waals surface area contributed by atoms with E-state index in [1.54, 1.807) is 62.3 Å². The molecule has 0 saturated heterocycles. The van der Waals surface area contributed by atoms with Gasteiger partial charge in [0.1, 0.15) is 0 Å². The fourth-order valence-electron chi connectivity index (χ4n) is 3.05. The zero-order valence-electron chi connectivity index (χ0n) is 27.5. The summed E-state index contributed by atoms with van der Waals surface area (Å²) in [5.41, 5.74) is 0. The molecule has 0 atom stereocenters. The third-order valence-corrected chi connectivity index (χ3v) is 6.13. The Balaban J connectivity index is 7.05. The van der Waals surface area contributed by atoms with Gasteiger partial charge in [-0.1, -0.05) is 0 Å². The van der Waals surface area contributed by atoms with Crippen LogP contribution in [-0.2, 0) is 70.3 Å². The summed E-state index contributed by atoms with van der Waals surface area (Å²) in [7, 11) is -4.71. The quantitative estimate of drug-likeness (QED) is 0.0834. The molecule has 0 aromatic heterocycles. The van der Waals surface area contributed by atoms with Gasteiger partial charge in [0.2, 0.25) is 0 Å². The van der Waals surface area contributed by atoms with Crippen LogP contribution in [-0.4, -0.2) is 86.2 Å². The second-order valence-corrected chi connectivity index (χ2v) is 10.1. The number of hydrogen-bond donors (Lipinski definition) is 0. The molecule has 0 aromatic rings. The average Bonchev–Trinajstić information content (AvgIpc) is 2.96. The first kappa shape index (κ1) is 40.0. The van der Waals surface area contributed by atoms with E-state index in [1.807, 2.05) is 0 Å². The number of hydrogen-bond acceptors (Lipinski definition) is 15. The summed E-state index contributed by atoms with van der Waals surface area (Å²) in [5, 5.41) is 0. The molecule has 44 heavy (non-hydrogen) atoms. The lowest BCUT2D eigenvalue weighted by molar-refractivity contribution is -0.151. The van der Waals surface area contributed by atoms with E-state index in [0.29, 0.717) is 0 Å². The van der Waals surface area contributed by atoms with Crippen molar-refractivity contribution in [2.75, 3.05) is 59.5 Å². The predicted molar refractivity (Wildman–Crippen MR) is 156 cm³/mol. The molecule has 0 aliphatic carbocycles. The standard InChI is InChI=1S/C28H48O15Si/c1-11-32-20(26(35-14-4)36-15-5)23(29)41-44(10,42-24(30)21(33-12-2)27(37-16-6)38-17-7)43-25(31)22(34-13-3)28(39-18-8)40-19-9/h11-19H2,1-10H3. The van der Waals surface area contributed by atoms with Crippen LogP contribution in [0.15, 0.2) is 35.1 Å². The van der Waals surface area contributed by atoms with Crippen molar-refractivity contribution in [1.82, 2.24) is 0 Å². The highest BCUT2D eigenvalue weighted by Crippen LogP contribution is 2.23. The van der Waals surface area contributed by atoms with Crippen molar-refractivity contribution in [2.24, 2.45) is 0 Å². The van der Waals surface area contributed by atoms with Crippen molar-refractivity contribution < 1.29 is 70.3 Å². The Bertz CT molecular complexity index is 844. The molecule has 16 heteroatoms. The van der Waals surface area contributed by atoms with Crippen molar-refractivity contribution in [1.29, 1.82) is 0 Å². The predicted octanol–water partition coefficient (Wildman–Crippen LogP) is 4.02. The summed E-state index contributed by atoms with van der Waals surface area (Å²) in [6.07, 6.45) is 0. The molecule has 0 spiro atoms. The van der Waals surface area contributed by atoms with E-state index >= 15 is 0 Å². The van der Waals surface area contributed by atoms with Crippen molar-refractivity contribution >= 4 is 26.7 Å². The fraction of sp³-hybridized carbons (Fsp3) is 0.679. The normalized spacial score (nSPS) is 10.2. The van der Waals surface area contributed by atoms with E-state index in [9.17, 15) is 14.4 Å². The first-order chi connectivity index (χ1) is 21.1. The van der Waals surface area contributed by atoms with Gasteiger partial charge in [-0.15, -0.1) is 0 Å². The topological polar surface area (TPSA) is 162 Å². The lowest BCUT2D eigenvalue weighted by Crippen LogP contribution is -2.49. The molecule has 0 bridgehead atoms. The monoisotopic (exact) mass is 652 g/mol. The van der Waals surface area contributed by atoms with E-state index in [1.165, 1.54) is 0 Å². The molecule has 0 N–H and O–H groups in total. The third-order valence-electron chi connectivity index (χ3n) is 4.47. The molecule has 0 unspecified atom stereocenters. The highest BCUT2D eigenvalue weighted by molar-refractivity contribution is 6.65. The van der Waals surface area contributed by atoms with Crippen LogP contribution >= 0.6 is 0 Å². The molecule has 15 nitrogen and oxygen atoms in total. The number of ether oxygens (including phenoxy) is 9. The van der Waals surface area contributed by atoms with Gasteiger partial charge in [-0.05, 0) is 62.3 Å². The molecule has 0 fully saturated rings. The van der Waals surface area contributed by atoms with Crippen molar-refractivity contribution in [3.63, 3.8) is 0 Å². The van der Waals surface area contributed by atoms with Crippen LogP contribution in [0.4, 0.5) is 0 Å². The molecule has 0 rings (SSSR count). The van der Waals surface area contributed by atoms with Crippen LogP contribution in [0.3, 0.4) is 0 Å². The van der Waals surface area contributed by atoms with Gasteiger partial charge in [0.25, 0.3) is 17.3 Å². The van der Waals surface area contributed by atoms with Gasteiger partial charge in [0.15, 0.2) is 0 Å². The number of rotatable bonds is 24. The Morgan fingerprint density at radius 2 is 0.545 bits per heavy atom. The molecule has 0 aliphatic rings. The molecular formula is C28H48O15Si. The molecule has 0 heterocycles. The highest BCUT2D eigenvalue weighted by atomic mass is 28.4. The number of carbonyl (C=O) groups is 3. The SMILES string of the molecule is CCOC(OCC)=C(OCC)C(=O)O[Si](C)(OC(=O)C(OCC)=C(OCC)OCC)OC(=O)C(OCC)=C(OCC)OCC. The van der Waals surface area contributed by atoms with Crippen LogP contribution in [0, 0.1) is 0 Å². The van der Waals surface area contributed by atoms with Crippen LogP contribution in [0.5, 0.6) is 0 Å². The summed E-state index contributed by atoms with van der Waals surface area (Å²) in [6.45, 7) is 16.8. The van der Waals surface area contributed by atoms with Gasteiger partial charge in [-0.2, -0.15) is 0 Å². The van der Waals surface area contributed by atoms with E-state index in [4.69, 9.17) is 55.9 Å². The summed E-state index contributed by atoms with van der Waals surface area (Å²) in [5.74, 6) is -5.85. The van der Waals surface area contributed by atoms with Gasteiger partial charge >= 0.3 is 44.5 Å². The minimum Gasteiger partial charge on any atom is -0.482 e. The zero-order chi connectivity index (χ0) is 33.5. The minimum absolute atomic E-state index is 0.0124. The zero-order valence-corrected chi connectivity index (χ0v) is 28.5. The molecule has 0 radical (unpaired) electrons. The highest BCUT2D eigenvalue weighted by Gasteiger charge is 2.51. The van der Waals surface area contributed by atoms with Gasteiger partial charge in [-0.25, -0.2) is 14.4 Å². The Kier molecular flexibility index (Phi) is 20.5. The summed E-state index contributed by atoms with van der Waals surface area (Å²) >= 11 is 0. The Morgan fingerprint density at radius 1 is 0.364 bits per heavy atom. The average molecular weight is 653 g/mol. The molecule has 0 aliphatic heterocycles. The Labute approximate surface area is 260 Å². The molecule has 0 amide bonds. The maximum atomic E-state index is 13.5. The van der Waals surface area contributed by atoms with Gasteiger partial charge in [0, 0.05) is 6.55 Å². The largest absolute Gasteiger partial charge is 0.702 e. The van der Waals surface area contributed by atoms with Crippen LogP contribution in [0.1, 0.15) is 62.3 Å². The van der Waals surface area contributed by atoms with Gasteiger partial charge in [-0.3, -0.25) is 0 Å². The Hall–Kier alpha value is -3.95. The minimum atomic E-state index is -4.71. The smallest absolute Gasteiger partial charge is 0.482 e. The maximum absolute atomic E-state index is 13.5. The summed E-state index contributed by atoms with van der Waals surface area (Å²) < 4.78 is 65.6. The number of carbonyl (C=O) groups excluding carboxylic acids is 3. The summed E-state index contributed by atoms with van der Waals surface area (Å²) in [4.78, 5) is 40.4. The first-order valence-corrected chi connectivity index (χ1v) is 16.9. The second-order valence-electron chi connectivity index (χ2n) is 7.78. The van der Waals surface area contributed by atoms with Crippen molar-refractivity contribution in [3.05, 3.63) is 35.1 Å². The molecule has 0 saturated carbocycles. The lowest BCUT2D eigenvalue weighted by Gasteiger charge is -2.26. The van der Waals surface area contributed by atoms with Crippen LogP contribution in [0.25, 0.3) is 0 Å². The fourth-order valence-corrected chi connectivity index (χ4v) is 4.46. The maximum Gasteiger partial charge on any atom is 0.702 e. The lowest BCUT2D eigenvalue weighted by atomic mass is 10.5. The van der Waals surface area contributed by atoms with Gasteiger partial charge in [0.05, 0.1) is 59.5 Å². The third kappa shape index (κ3) is 13.6. The summed E-state index contributed by atoms with van der Waals surface area (Å²) in [6, 6.07) is 0. The van der Waals surface area contributed by atoms with Crippen LogP contribution < -0.4 is 0 Å². The van der Waals surface area contributed by atoms with Crippen molar-refractivity contribution in [3.8, 4) is 0 Å². The van der Waals surface area contributed by atoms with E-state index < -0.39 is 44.0 Å². The van der Waals surface area contributed by atoms with Crippen molar-refractivity contribution in [2.45, 2.75) is 68.9 Å². The molecule has 0 aromatic carbocycles. The van der Waals surface area contributed by atoms with E-state index in [0.717, 1.165) is 6.55 Å². The molecule has 254 valence electrons. The second kappa shape index (κ2) is 22.6. The van der Waals surface area contributed by atoms with Crippen LogP contribution in [0.2, 0.25) is 6.55 Å². The first-order valence-electron chi connectivity index (χ1n) is 14.6.